The topological polar surface area (TPSA) is 72.9 Å². The van der Waals surface area contributed by atoms with Gasteiger partial charge in [0.2, 0.25) is 5.76 Å². The zero-order chi connectivity index (χ0) is 23.1. The number of hydrogen-bond donors (Lipinski definition) is 0. The van der Waals surface area contributed by atoms with Crippen molar-refractivity contribution in [1.82, 2.24) is 4.90 Å². The molecule has 0 fully saturated rings. The first-order valence-corrected chi connectivity index (χ1v) is 11.1. The maximum Gasteiger partial charge on any atom is 0.291 e. The molecule has 6 nitrogen and oxygen atoms in total. The van der Waals surface area contributed by atoms with E-state index in [9.17, 15) is 9.59 Å². The molecule has 1 aliphatic rings. The molecule has 0 spiro atoms. The number of hydrogen-bond acceptors (Lipinski definition) is 5. The smallest absolute Gasteiger partial charge is 0.291 e. The average Bonchev–Trinajstić information content (AvgIpc) is 3.41. The highest BCUT2D eigenvalue weighted by molar-refractivity contribution is 5.99. The van der Waals surface area contributed by atoms with Crippen LogP contribution in [-0.2, 0) is 6.54 Å². The minimum Gasteiger partial charge on any atom is -0.494 e. The van der Waals surface area contributed by atoms with E-state index >= 15 is 0 Å². The van der Waals surface area contributed by atoms with E-state index in [1.807, 2.05) is 63.2 Å². The van der Waals surface area contributed by atoms with Crippen LogP contribution >= 0.6 is 0 Å². The van der Waals surface area contributed by atoms with Crippen molar-refractivity contribution < 1.29 is 18.4 Å². The van der Waals surface area contributed by atoms with Gasteiger partial charge in [-0.2, -0.15) is 0 Å². The van der Waals surface area contributed by atoms with Crippen LogP contribution in [0.1, 0.15) is 58.0 Å². The molecule has 1 aliphatic heterocycles. The van der Waals surface area contributed by atoms with Gasteiger partial charge in [0.1, 0.15) is 17.1 Å². The van der Waals surface area contributed by atoms with Crippen LogP contribution in [-0.4, -0.2) is 17.4 Å². The SMILES string of the molecule is CCCOc1cccc(C2c3c(oc4c(C)cc(C)cc4c3=O)C(=O)N2Cc2ccco2)c1. The van der Waals surface area contributed by atoms with Crippen molar-refractivity contribution in [1.29, 1.82) is 0 Å². The molecule has 2 aromatic carbocycles. The average molecular weight is 443 g/mol. The van der Waals surface area contributed by atoms with Gasteiger partial charge in [-0.1, -0.05) is 25.1 Å². The first-order chi connectivity index (χ1) is 16.0. The first kappa shape index (κ1) is 21.1. The third-order valence-corrected chi connectivity index (χ3v) is 5.95. The molecule has 0 saturated carbocycles. The standard InChI is InChI=1S/C27H25NO5/c1-4-10-31-19-8-5-7-18(14-19)23-22-24(29)21-13-16(2)12-17(3)25(21)33-26(22)27(30)28(23)15-20-9-6-11-32-20/h5-9,11-14,23H,4,10,15H2,1-3H3. The second-order valence-electron chi connectivity index (χ2n) is 8.47. The molecular weight excluding hydrogens is 418 g/mol. The Labute approximate surface area is 191 Å². The van der Waals surface area contributed by atoms with Gasteiger partial charge >= 0.3 is 0 Å². The number of ether oxygens (including phenoxy) is 1. The second kappa shape index (κ2) is 8.28. The van der Waals surface area contributed by atoms with Crippen LogP contribution in [0.4, 0.5) is 0 Å². The van der Waals surface area contributed by atoms with Crippen molar-refractivity contribution in [3.8, 4) is 5.75 Å². The molecule has 0 bridgehead atoms. The normalized spacial score (nSPS) is 15.3. The molecule has 0 aliphatic carbocycles. The molecular formula is C27H25NO5. The number of aryl methyl sites for hydroxylation is 2. The van der Waals surface area contributed by atoms with Gasteiger partial charge in [-0.15, -0.1) is 0 Å². The summed E-state index contributed by atoms with van der Waals surface area (Å²) >= 11 is 0. The lowest BCUT2D eigenvalue weighted by atomic mass is 9.97. The lowest BCUT2D eigenvalue weighted by Gasteiger charge is -2.24. The van der Waals surface area contributed by atoms with E-state index in [2.05, 4.69) is 0 Å². The summed E-state index contributed by atoms with van der Waals surface area (Å²) in [4.78, 5) is 29.0. The van der Waals surface area contributed by atoms with Crippen LogP contribution in [0.3, 0.4) is 0 Å². The minimum absolute atomic E-state index is 0.0934. The Morgan fingerprint density at radius 1 is 1.06 bits per heavy atom. The van der Waals surface area contributed by atoms with Crippen molar-refractivity contribution in [2.75, 3.05) is 6.61 Å². The molecule has 0 radical (unpaired) electrons. The Hall–Kier alpha value is -3.80. The summed E-state index contributed by atoms with van der Waals surface area (Å²) in [6.45, 7) is 6.68. The lowest BCUT2D eigenvalue weighted by molar-refractivity contribution is 0.0701. The highest BCUT2D eigenvalue weighted by Crippen LogP contribution is 2.40. The summed E-state index contributed by atoms with van der Waals surface area (Å²) in [6, 6.07) is 14.3. The lowest BCUT2D eigenvalue weighted by Crippen LogP contribution is -2.29. The van der Waals surface area contributed by atoms with Gasteiger partial charge in [0.15, 0.2) is 5.43 Å². The zero-order valence-corrected chi connectivity index (χ0v) is 18.9. The summed E-state index contributed by atoms with van der Waals surface area (Å²) in [5.41, 5.74) is 3.22. The molecule has 168 valence electrons. The van der Waals surface area contributed by atoms with E-state index < -0.39 is 6.04 Å². The van der Waals surface area contributed by atoms with E-state index in [0.29, 0.717) is 34.6 Å². The summed E-state index contributed by atoms with van der Waals surface area (Å²) in [5.74, 6) is 1.09. The molecule has 0 saturated heterocycles. The monoisotopic (exact) mass is 443 g/mol. The van der Waals surface area contributed by atoms with Crippen LogP contribution in [0.15, 0.2) is 68.4 Å². The zero-order valence-electron chi connectivity index (χ0n) is 18.9. The van der Waals surface area contributed by atoms with Crippen LogP contribution in [0.5, 0.6) is 5.75 Å². The number of furan rings is 1. The predicted molar refractivity (Wildman–Crippen MR) is 125 cm³/mol. The molecule has 3 heterocycles. The molecule has 1 amide bonds. The van der Waals surface area contributed by atoms with Crippen LogP contribution in [0.2, 0.25) is 0 Å². The number of nitrogens with zero attached hydrogens (tertiary/aromatic N) is 1. The van der Waals surface area contributed by atoms with Gasteiger partial charge in [-0.3, -0.25) is 9.59 Å². The van der Waals surface area contributed by atoms with Gasteiger partial charge < -0.3 is 18.5 Å². The number of carbonyl (C=O) groups is 1. The Morgan fingerprint density at radius 3 is 2.67 bits per heavy atom. The van der Waals surface area contributed by atoms with Gasteiger partial charge in [-0.05, 0) is 67.3 Å². The molecule has 1 unspecified atom stereocenters. The van der Waals surface area contributed by atoms with E-state index in [-0.39, 0.29) is 23.6 Å². The van der Waals surface area contributed by atoms with Gasteiger partial charge in [0, 0.05) is 0 Å². The summed E-state index contributed by atoms with van der Waals surface area (Å²) in [5, 5.41) is 0.488. The fourth-order valence-electron chi connectivity index (χ4n) is 4.55. The van der Waals surface area contributed by atoms with Crippen molar-refractivity contribution in [2.24, 2.45) is 0 Å². The van der Waals surface area contributed by atoms with Gasteiger partial charge in [0.25, 0.3) is 5.91 Å². The van der Waals surface area contributed by atoms with Gasteiger partial charge in [-0.25, -0.2) is 0 Å². The van der Waals surface area contributed by atoms with E-state index in [1.54, 1.807) is 17.2 Å². The van der Waals surface area contributed by atoms with Crippen molar-refractivity contribution in [3.63, 3.8) is 0 Å². The molecule has 2 aromatic heterocycles. The largest absolute Gasteiger partial charge is 0.494 e. The first-order valence-electron chi connectivity index (χ1n) is 11.1. The van der Waals surface area contributed by atoms with Crippen LogP contribution in [0, 0.1) is 13.8 Å². The highest BCUT2D eigenvalue weighted by Gasteiger charge is 2.43. The number of carbonyl (C=O) groups excluding carboxylic acids is 1. The molecule has 6 heteroatoms. The molecule has 33 heavy (non-hydrogen) atoms. The molecule has 0 N–H and O–H groups in total. The fourth-order valence-corrected chi connectivity index (χ4v) is 4.55. The quantitative estimate of drug-likeness (QED) is 0.391. The number of rotatable bonds is 6. The maximum atomic E-state index is 13.8. The van der Waals surface area contributed by atoms with E-state index in [0.717, 1.165) is 23.1 Å². The summed E-state index contributed by atoms with van der Waals surface area (Å²) in [6.07, 6.45) is 2.45. The number of fused-ring (bicyclic) bond motifs is 2. The Morgan fingerprint density at radius 2 is 1.91 bits per heavy atom. The van der Waals surface area contributed by atoms with Crippen molar-refractivity contribution in [3.05, 3.63) is 98.8 Å². The van der Waals surface area contributed by atoms with Crippen LogP contribution < -0.4 is 10.2 Å². The Balaban J connectivity index is 1.72. The van der Waals surface area contributed by atoms with Crippen LogP contribution in [0.25, 0.3) is 11.0 Å². The second-order valence-corrected chi connectivity index (χ2v) is 8.47. The van der Waals surface area contributed by atoms with Crippen molar-refractivity contribution >= 4 is 16.9 Å². The number of benzene rings is 2. The third kappa shape index (κ3) is 3.61. The summed E-state index contributed by atoms with van der Waals surface area (Å²) < 4.78 is 17.5. The molecule has 4 aromatic rings. The highest BCUT2D eigenvalue weighted by atomic mass is 16.5. The summed E-state index contributed by atoms with van der Waals surface area (Å²) in [7, 11) is 0. The molecule has 5 rings (SSSR count). The Kier molecular flexibility index (Phi) is 5.29. The third-order valence-electron chi connectivity index (χ3n) is 5.95. The Bertz CT molecular complexity index is 1400. The van der Waals surface area contributed by atoms with E-state index in [1.165, 1.54) is 0 Å². The fraction of sp³-hybridized carbons (Fsp3) is 0.259. The predicted octanol–water partition coefficient (Wildman–Crippen LogP) is 5.54. The maximum absolute atomic E-state index is 13.8. The number of amides is 1. The van der Waals surface area contributed by atoms with Gasteiger partial charge in [0.05, 0.1) is 36.4 Å². The van der Waals surface area contributed by atoms with Crippen molar-refractivity contribution in [2.45, 2.75) is 39.8 Å². The minimum atomic E-state index is -0.607. The van der Waals surface area contributed by atoms with E-state index in [4.69, 9.17) is 13.6 Å². The molecule has 1 atom stereocenters.